The summed E-state index contributed by atoms with van der Waals surface area (Å²) in [6.07, 6.45) is 7.29. The maximum atomic E-state index is 12.7. The lowest BCUT2D eigenvalue weighted by Crippen LogP contribution is -2.47. The van der Waals surface area contributed by atoms with Crippen LogP contribution in [0.3, 0.4) is 0 Å². The Hall–Kier alpha value is -2.79. The fourth-order valence-electron chi connectivity index (χ4n) is 5.29. The molecule has 3 N–H and O–H groups in total. The molecule has 2 aliphatic heterocycles. The molecule has 0 radical (unpaired) electrons. The molecular formula is C23H30FN7O2S. The van der Waals surface area contributed by atoms with Crippen molar-refractivity contribution in [2.45, 2.75) is 62.0 Å². The van der Waals surface area contributed by atoms with Crippen molar-refractivity contribution in [2.24, 2.45) is 0 Å². The van der Waals surface area contributed by atoms with Crippen LogP contribution in [0.2, 0.25) is 0 Å². The summed E-state index contributed by atoms with van der Waals surface area (Å²) in [4.78, 5) is 11.8. The van der Waals surface area contributed by atoms with Crippen LogP contribution in [0, 0.1) is 6.92 Å². The maximum Gasteiger partial charge on any atom is 0.177 e. The number of H-pyrrole nitrogens is 1. The average molecular weight is 488 g/mol. The van der Waals surface area contributed by atoms with E-state index in [1.807, 2.05) is 13.0 Å². The highest BCUT2D eigenvalue weighted by Gasteiger charge is 2.40. The normalized spacial score (nSPS) is 22.9. The molecule has 0 saturated carbocycles. The number of halogens is 1. The van der Waals surface area contributed by atoms with Gasteiger partial charge < -0.3 is 10.6 Å². The van der Waals surface area contributed by atoms with Gasteiger partial charge in [0.1, 0.15) is 11.6 Å². The van der Waals surface area contributed by atoms with E-state index in [-0.39, 0.29) is 17.6 Å². The summed E-state index contributed by atoms with van der Waals surface area (Å²) < 4.78 is 37.1. The van der Waals surface area contributed by atoms with Gasteiger partial charge in [0.25, 0.3) is 0 Å². The molecule has 11 heteroatoms. The van der Waals surface area contributed by atoms with Gasteiger partial charge in [-0.1, -0.05) is 0 Å². The highest BCUT2D eigenvalue weighted by Crippen LogP contribution is 2.38. The predicted octanol–water partition coefficient (Wildman–Crippen LogP) is 3.58. The Morgan fingerprint density at radius 1 is 1.18 bits per heavy atom. The van der Waals surface area contributed by atoms with Crippen molar-refractivity contribution in [3.8, 4) is 0 Å². The SMILES string of the molecule is Cc1cc(Nc2cc3ncc(S(C)(=O)=O)cc3c(NC3C[C@H]4CC[C@@H](C3)N4CCCF)n2)n[nH]1. The second-order valence-corrected chi connectivity index (χ2v) is 11.4. The van der Waals surface area contributed by atoms with Gasteiger partial charge in [0.05, 0.1) is 17.1 Å². The van der Waals surface area contributed by atoms with E-state index in [1.165, 1.54) is 12.5 Å². The highest BCUT2D eigenvalue weighted by molar-refractivity contribution is 7.90. The Labute approximate surface area is 198 Å². The number of hydrogen-bond donors (Lipinski definition) is 3. The molecule has 182 valence electrons. The first-order valence-corrected chi connectivity index (χ1v) is 13.6. The average Bonchev–Trinajstić information content (AvgIpc) is 3.30. The molecule has 0 amide bonds. The number of hydrogen-bond acceptors (Lipinski definition) is 8. The second-order valence-electron chi connectivity index (χ2n) is 9.41. The third-order valence-electron chi connectivity index (χ3n) is 6.82. The third kappa shape index (κ3) is 4.72. The number of piperidine rings is 1. The Morgan fingerprint density at radius 3 is 2.59 bits per heavy atom. The summed E-state index contributed by atoms with van der Waals surface area (Å²) in [6.45, 7) is 2.45. The summed E-state index contributed by atoms with van der Waals surface area (Å²) in [5, 5.41) is 14.6. The highest BCUT2D eigenvalue weighted by atomic mass is 32.2. The molecule has 3 atom stereocenters. The van der Waals surface area contributed by atoms with Crippen molar-refractivity contribution in [1.29, 1.82) is 0 Å². The largest absolute Gasteiger partial charge is 0.367 e. The molecule has 9 nitrogen and oxygen atoms in total. The van der Waals surface area contributed by atoms with Crippen LogP contribution in [0.1, 0.15) is 37.8 Å². The standard InChI is InChI=1S/C23H30FN7O2S/c1-14-8-22(30-29-14)27-21-12-20-19(11-18(13-25-20)34(2,32)33)23(28-21)26-15-9-16-4-5-17(10-15)31(16)7-3-6-24/h8,11-13,15-17H,3-7,9-10H2,1-2H3,(H3,26,27,28,29,30)/t15?,16-,17+. The molecular weight excluding hydrogens is 457 g/mol. The van der Waals surface area contributed by atoms with Crippen molar-refractivity contribution < 1.29 is 12.8 Å². The minimum absolute atomic E-state index is 0.162. The Kier molecular flexibility index (Phi) is 6.15. The molecule has 3 aromatic rings. The van der Waals surface area contributed by atoms with Crippen LogP contribution < -0.4 is 10.6 Å². The van der Waals surface area contributed by atoms with Crippen LogP contribution in [-0.2, 0) is 9.84 Å². The minimum atomic E-state index is -3.41. The van der Waals surface area contributed by atoms with Crippen molar-refractivity contribution in [3.63, 3.8) is 0 Å². The molecule has 2 fully saturated rings. The first-order valence-electron chi connectivity index (χ1n) is 11.7. The quantitative estimate of drug-likeness (QED) is 0.442. The summed E-state index contributed by atoms with van der Waals surface area (Å²) in [5.41, 5.74) is 1.57. The van der Waals surface area contributed by atoms with Gasteiger partial charge in [0, 0.05) is 60.3 Å². The van der Waals surface area contributed by atoms with Crippen LogP contribution in [0.4, 0.5) is 21.8 Å². The molecule has 2 aliphatic rings. The number of alkyl halides is 1. The van der Waals surface area contributed by atoms with E-state index in [1.54, 1.807) is 12.1 Å². The summed E-state index contributed by atoms with van der Waals surface area (Å²) >= 11 is 0. The number of sulfone groups is 1. The van der Waals surface area contributed by atoms with Crippen LogP contribution in [-0.4, -0.2) is 71.1 Å². The number of nitrogens with one attached hydrogen (secondary N) is 3. The Balaban J connectivity index is 1.46. The molecule has 34 heavy (non-hydrogen) atoms. The first kappa shape index (κ1) is 23.0. The summed E-state index contributed by atoms with van der Waals surface area (Å²) in [5.74, 6) is 1.82. The molecule has 0 aliphatic carbocycles. The van der Waals surface area contributed by atoms with Gasteiger partial charge in [0.15, 0.2) is 15.7 Å². The smallest absolute Gasteiger partial charge is 0.177 e. The first-order chi connectivity index (χ1) is 16.3. The van der Waals surface area contributed by atoms with E-state index >= 15 is 0 Å². The minimum Gasteiger partial charge on any atom is -0.367 e. The van der Waals surface area contributed by atoms with E-state index < -0.39 is 9.84 Å². The number of nitrogens with zero attached hydrogens (tertiary/aromatic N) is 4. The van der Waals surface area contributed by atoms with Gasteiger partial charge in [-0.3, -0.25) is 19.4 Å². The number of rotatable bonds is 8. The van der Waals surface area contributed by atoms with E-state index in [0.717, 1.165) is 37.9 Å². The Morgan fingerprint density at radius 2 is 1.94 bits per heavy atom. The second kappa shape index (κ2) is 9.10. The lowest BCUT2D eigenvalue weighted by molar-refractivity contribution is 0.128. The molecule has 2 bridgehead atoms. The van der Waals surface area contributed by atoms with Gasteiger partial charge in [0.2, 0.25) is 0 Å². The summed E-state index contributed by atoms with van der Waals surface area (Å²) in [6, 6.07) is 6.38. The molecule has 0 spiro atoms. The van der Waals surface area contributed by atoms with Gasteiger partial charge in [-0.05, 0) is 45.1 Å². The van der Waals surface area contributed by atoms with Crippen LogP contribution in [0.15, 0.2) is 29.3 Å². The topological polar surface area (TPSA) is 116 Å². The fraction of sp³-hybridized carbons (Fsp3) is 0.522. The fourth-order valence-corrected chi connectivity index (χ4v) is 5.86. The predicted molar refractivity (Wildman–Crippen MR) is 130 cm³/mol. The van der Waals surface area contributed by atoms with Crippen LogP contribution in [0.5, 0.6) is 0 Å². The lowest BCUT2D eigenvalue weighted by Gasteiger charge is -2.39. The number of aryl methyl sites for hydroxylation is 1. The number of pyridine rings is 2. The van der Waals surface area contributed by atoms with E-state index in [9.17, 15) is 12.8 Å². The van der Waals surface area contributed by atoms with E-state index in [0.29, 0.717) is 46.9 Å². The van der Waals surface area contributed by atoms with Crippen molar-refractivity contribution in [3.05, 3.63) is 30.1 Å². The summed E-state index contributed by atoms with van der Waals surface area (Å²) in [7, 11) is -3.41. The number of aromatic amines is 1. The van der Waals surface area contributed by atoms with Crippen molar-refractivity contribution >= 4 is 38.2 Å². The number of anilines is 3. The molecule has 2 saturated heterocycles. The molecule has 1 unspecified atom stereocenters. The lowest BCUT2D eigenvalue weighted by atomic mass is 9.97. The monoisotopic (exact) mass is 487 g/mol. The maximum absolute atomic E-state index is 12.7. The van der Waals surface area contributed by atoms with Gasteiger partial charge >= 0.3 is 0 Å². The zero-order chi connectivity index (χ0) is 23.9. The van der Waals surface area contributed by atoms with Gasteiger partial charge in [-0.15, -0.1) is 0 Å². The van der Waals surface area contributed by atoms with Crippen LogP contribution in [0.25, 0.3) is 10.9 Å². The van der Waals surface area contributed by atoms with Gasteiger partial charge in [-0.25, -0.2) is 13.4 Å². The molecule has 3 aromatic heterocycles. The van der Waals surface area contributed by atoms with Crippen LogP contribution >= 0.6 is 0 Å². The van der Waals surface area contributed by atoms with Crippen molar-refractivity contribution in [2.75, 3.05) is 30.1 Å². The van der Waals surface area contributed by atoms with E-state index in [2.05, 4.69) is 30.7 Å². The Bertz CT molecular complexity index is 1280. The molecule has 5 heterocycles. The van der Waals surface area contributed by atoms with Gasteiger partial charge in [-0.2, -0.15) is 5.10 Å². The third-order valence-corrected chi connectivity index (χ3v) is 7.90. The van der Waals surface area contributed by atoms with Crippen molar-refractivity contribution in [1.82, 2.24) is 25.1 Å². The zero-order valence-corrected chi connectivity index (χ0v) is 20.2. The number of fused-ring (bicyclic) bond motifs is 3. The zero-order valence-electron chi connectivity index (χ0n) is 19.4. The molecule has 5 rings (SSSR count). The van der Waals surface area contributed by atoms with E-state index in [4.69, 9.17) is 4.98 Å². The number of aromatic nitrogens is 4. The molecule has 0 aromatic carbocycles.